The number of hydrogen-bond acceptors (Lipinski definition) is 4. The first kappa shape index (κ1) is 14.3. The Morgan fingerprint density at radius 3 is 2.64 bits per heavy atom. The number of rotatable bonds is 4. The van der Waals surface area contributed by atoms with Crippen molar-refractivity contribution in [3.63, 3.8) is 0 Å². The van der Waals surface area contributed by atoms with Gasteiger partial charge in [0.1, 0.15) is 11.5 Å². The molecule has 3 aromatic rings. The Labute approximate surface area is 132 Å². The average molecular weight is 316 g/mol. The van der Waals surface area contributed by atoms with Crippen molar-refractivity contribution >= 4 is 23.1 Å². The summed E-state index contributed by atoms with van der Waals surface area (Å²) in [5.41, 5.74) is 2.58. The topological polar surface area (TPSA) is 70.2 Å². The number of nitrogens with one attached hydrogen (secondary N) is 2. The summed E-state index contributed by atoms with van der Waals surface area (Å²) in [5.74, 6) is 1.33. The molecule has 0 aliphatic carbocycles. The molecule has 1 aromatic heterocycles. The van der Waals surface area contributed by atoms with Crippen molar-refractivity contribution in [3.8, 4) is 22.8 Å². The molecule has 0 atom stereocenters. The van der Waals surface area contributed by atoms with Gasteiger partial charge in [-0.2, -0.15) is 5.10 Å². The van der Waals surface area contributed by atoms with Crippen LogP contribution in [0.1, 0.15) is 0 Å². The van der Waals surface area contributed by atoms with Gasteiger partial charge in [-0.15, -0.1) is 0 Å². The van der Waals surface area contributed by atoms with Crippen molar-refractivity contribution in [2.24, 2.45) is 0 Å². The third-order valence-electron chi connectivity index (χ3n) is 3.18. The number of phenols is 1. The van der Waals surface area contributed by atoms with Crippen LogP contribution in [0.4, 0.5) is 11.5 Å². The lowest BCUT2D eigenvalue weighted by Gasteiger charge is -2.09. The van der Waals surface area contributed by atoms with Crippen LogP contribution in [0.5, 0.6) is 11.5 Å². The minimum Gasteiger partial charge on any atom is -0.508 e. The van der Waals surface area contributed by atoms with E-state index in [9.17, 15) is 5.11 Å². The fourth-order valence-corrected chi connectivity index (χ4v) is 2.21. The van der Waals surface area contributed by atoms with E-state index >= 15 is 0 Å². The number of hydrogen-bond donors (Lipinski definition) is 3. The van der Waals surface area contributed by atoms with Gasteiger partial charge >= 0.3 is 0 Å². The Bertz CT molecular complexity index is 784. The molecule has 0 unspecified atom stereocenters. The second-order valence-electron chi connectivity index (χ2n) is 4.68. The molecule has 0 amide bonds. The number of benzene rings is 2. The van der Waals surface area contributed by atoms with Gasteiger partial charge in [0.2, 0.25) is 0 Å². The van der Waals surface area contributed by atoms with Gasteiger partial charge in [0.05, 0.1) is 18.5 Å². The number of H-pyrrole nitrogens is 1. The van der Waals surface area contributed by atoms with Gasteiger partial charge < -0.3 is 15.2 Å². The van der Waals surface area contributed by atoms with Crippen LogP contribution >= 0.6 is 11.6 Å². The van der Waals surface area contributed by atoms with Crippen LogP contribution in [-0.4, -0.2) is 22.4 Å². The lowest BCUT2D eigenvalue weighted by atomic mass is 10.1. The average Bonchev–Trinajstić information content (AvgIpc) is 2.98. The van der Waals surface area contributed by atoms with Crippen LogP contribution in [0.3, 0.4) is 0 Å². The summed E-state index contributed by atoms with van der Waals surface area (Å²) in [7, 11) is 1.55. The minimum absolute atomic E-state index is 0.145. The maximum atomic E-state index is 9.47. The van der Waals surface area contributed by atoms with Crippen LogP contribution in [0.15, 0.2) is 48.5 Å². The summed E-state index contributed by atoms with van der Waals surface area (Å²) in [4.78, 5) is 0. The van der Waals surface area contributed by atoms with Crippen molar-refractivity contribution in [3.05, 3.63) is 53.6 Å². The summed E-state index contributed by atoms with van der Waals surface area (Å²) in [6, 6.07) is 14.2. The summed E-state index contributed by atoms with van der Waals surface area (Å²) < 4.78 is 5.23. The first-order valence-corrected chi connectivity index (χ1v) is 6.99. The molecule has 0 aliphatic rings. The van der Waals surface area contributed by atoms with Crippen LogP contribution in [-0.2, 0) is 0 Å². The van der Waals surface area contributed by atoms with Crippen molar-refractivity contribution in [1.82, 2.24) is 10.2 Å². The van der Waals surface area contributed by atoms with E-state index < -0.39 is 0 Å². The van der Waals surface area contributed by atoms with Crippen molar-refractivity contribution in [2.75, 3.05) is 12.4 Å². The molecule has 0 saturated carbocycles. The Balaban J connectivity index is 1.84. The van der Waals surface area contributed by atoms with E-state index in [1.165, 1.54) is 6.07 Å². The number of anilines is 2. The second-order valence-corrected chi connectivity index (χ2v) is 5.12. The summed E-state index contributed by atoms with van der Waals surface area (Å²) in [6.07, 6.45) is 0. The Morgan fingerprint density at radius 1 is 1.14 bits per heavy atom. The summed E-state index contributed by atoms with van der Waals surface area (Å²) in [6.45, 7) is 0. The Hall–Kier alpha value is -2.66. The number of nitrogens with zero attached hydrogens (tertiary/aromatic N) is 1. The highest BCUT2D eigenvalue weighted by molar-refractivity contribution is 6.30. The van der Waals surface area contributed by atoms with Gasteiger partial charge in [-0.25, -0.2) is 0 Å². The molecule has 0 saturated heterocycles. The maximum absolute atomic E-state index is 9.47. The van der Waals surface area contributed by atoms with Crippen LogP contribution in [0, 0.1) is 0 Å². The van der Waals surface area contributed by atoms with E-state index in [-0.39, 0.29) is 5.75 Å². The van der Waals surface area contributed by atoms with E-state index in [4.69, 9.17) is 16.3 Å². The number of phenolic OH excluding ortho intramolecular Hbond substituents is 1. The fourth-order valence-electron chi connectivity index (χ4n) is 2.08. The largest absolute Gasteiger partial charge is 0.508 e. The molecule has 3 rings (SSSR count). The number of aromatic nitrogens is 2. The van der Waals surface area contributed by atoms with Crippen LogP contribution in [0.2, 0.25) is 5.02 Å². The minimum atomic E-state index is 0.145. The summed E-state index contributed by atoms with van der Waals surface area (Å²) >= 11 is 5.89. The molecule has 0 radical (unpaired) electrons. The zero-order valence-corrected chi connectivity index (χ0v) is 12.6. The first-order chi connectivity index (χ1) is 10.7. The molecule has 0 aliphatic heterocycles. The highest BCUT2D eigenvalue weighted by Crippen LogP contribution is 2.31. The Kier molecular flexibility index (Phi) is 3.89. The monoisotopic (exact) mass is 315 g/mol. The van der Waals surface area contributed by atoms with Crippen molar-refractivity contribution in [2.45, 2.75) is 0 Å². The molecule has 5 nitrogen and oxygen atoms in total. The van der Waals surface area contributed by atoms with Crippen molar-refractivity contribution in [1.29, 1.82) is 0 Å². The van der Waals surface area contributed by atoms with E-state index in [1.807, 2.05) is 30.3 Å². The van der Waals surface area contributed by atoms with Gasteiger partial charge in [-0.05, 0) is 29.8 Å². The number of aromatic hydroxyl groups is 1. The zero-order valence-electron chi connectivity index (χ0n) is 11.8. The molecule has 0 fully saturated rings. The fraction of sp³-hybridized carbons (Fsp3) is 0.0625. The molecule has 2 aromatic carbocycles. The highest BCUT2D eigenvalue weighted by atomic mass is 35.5. The zero-order chi connectivity index (χ0) is 15.5. The lowest BCUT2D eigenvalue weighted by Crippen LogP contribution is -1.94. The molecule has 0 spiro atoms. The maximum Gasteiger partial charge on any atom is 0.152 e. The van der Waals surface area contributed by atoms with Gasteiger partial charge in [-0.1, -0.05) is 23.7 Å². The molecule has 3 N–H and O–H groups in total. The van der Waals surface area contributed by atoms with E-state index in [0.29, 0.717) is 16.6 Å². The first-order valence-electron chi connectivity index (χ1n) is 6.61. The van der Waals surface area contributed by atoms with Gasteiger partial charge in [0, 0.05) is 17.2 Å². The molecule has 112 valence electrons. The molecule has 1 heterocycles. The van der Waals surface area contributed by atoms with E-state index in [0.717, 1.165) is 16.9 Å². The van der Waals surface area contributed by atoms with E-state index in [1.54, 1.807) is 19.2 Å². The van der Waals surface area contributed by atoms with Gasteiger partial charge in [0.15, 0.2) is 5.82 Å². The quantitative estimate of drug-likeness (QED) is 0.631. The second kappa shape index (κ2) is 5.99. The molecular formula is C16H14ClN3O2. The molecule has 22 heavy (non-hydrogen) atoms. The number of ether oxygens (including phenoxy) is 1. The Morgan fingerprint density at radius 2 is 1.91 bits per heavy atom. The molecule has 0 bridgehead atoms. The number of aromatic amines is 1. The molecule has 6 heteroatoms. The number of halogens is 1. The SMILES string of the molecule is COc1cc(O)ccc1Nc1cc(-c2ccc(Cl)cc2)[nH]n1. The van der Waals surface area contributed by atoms with E-state index in [2.05, 4.69) is 15.5 Å². The van der Waals surface area contributed by atoms with Crippen LogP contribution < -0.4 is 10.1 Å². The normalized spacial score (nSPS) is 10.5. The van der Waals surface area contributed by atoms with Crippen LogP contribution in [0.25, 0.3) is 11.3 Å². The highest BCUT2D eigenvalue weighted by Gasteiger charge is 2.08. The predicted octanol–water partition coefficient (Wildman–Crippen LogP) is 4.19. The van der Waals surface area contributed by atoms with Crippen molar-refractivity contribution < 1.29 is 9.84 Å². The lowest BCUT2D eigenvalue weighted by molar-refractivity contribution is 0.409. The molecular weight excluding hydrogens is 302 g/mol. The van der Waals surface area contributed by atoms with Gasteiger partial charge in [0.25, 0.3) is 0 Å². The number of methoxy groups -OCH3 is 1. The van der Waals surface area contributed by atoms with Gasteiger partial charge in [-0.3, -0.25) is 5.10 Å². The summed E-state index contributed by atoms with van der Waals surface area (Å²) in [5, 5.41) is 20.5. The third kappa shape index (κ3) is 2.99. The third-order valence-corrected chi connectivity index (χ3v) is 3.43. The smallest absolute Gasteiger partial charge is 0.152 e. The standard InChI is InChI=1S/C16H14ClN3O2/c1-22-15-8-12(21)6-7-13(15)18-16-9-14(19-20-16)10-2-4-11(17)5-3-10/h2-9,21H,1H3,(H2,18,19,20). The predicted molar refractivity (Wildman–Crippen MR) is 87.0 cm³/mol.